The Balaban J connectivity index is 3.24. The fourth-order valence-electron chi connectivity index (χ4n) is 2.96. The normalized spacial score (nSPS) is 12.2. The van der Waals surface area contributed by atoms with Crippen LogP contribution in [0.1, 0.15) is 103 Å². The number of carbonyl (C=O) groups is 1. The minimum absolute atomic E-state index is 0.216. The molecular formula is C19H38N2O2. The Morgan fingerprint density at radius 3 is 1.48 bits per heavy atom. The molecule has 0 aromatic carbocycles. The summed E-state index contributed by atoms with van der Waals surface area (Å²) >= 11 is 0. The number of amidine groups is 1. The molecule has 0 radical (unpaired) electrons. The molecule has 1 atom stereocenters. The molecule has 0 heterocycles. The predicted octanol–water partition coefficient (Wildman–Crippen LogP) is 5.49. The predicted molar refractivity (Wildman–Crippen MR) is 98.0 cm³/mol. The van der Waals surface area contributed by atoms with E-state index in [1.807, 2.05) is 0 Å². The molecule has 4 heteroatoms. The van der Waals surface area contributed by atoms with Crippen LogP contribution in [-0.2, 0) is 4.79 Å². The summed E-state index contributed by atoms with van der Waals surface area (Å²) in [4.78, 5) is 10.9. The van der Waals surface area contributed by atoms with E-state index < -0.39 is 11.9 Å². The summed E-state index contributed by atoms with van der Waals surface area (Å²) in [5.74, 6) is -1.97. The van der Waals surface area contributed by atoms with Crippen molar-refractivity contribution in [2.75, 3.05) is 0 Å². The van der Waals surface area contributed by atoms with Gasteiger partial charge in [0.15, 0.2) is 0 Å². The number of nitrogens with one attached hydrogen (secondary N) is 1. The number of rotatable bonds is 17. The molecule has 4 nitrogen and oxygen atoms in total. The zero-order valence-electron chi connectivity index (χ0n) is 15.1. The highest BCUT2D eigenvalue weighted by Gasteiger charge is 2.19. The second kappa shape index (κ2) is 15.8. The first-order valence-electron chi connectivity index (χ1n) is 9.66. The molecule has 136 valence electrons. The maximum Gasteiger partial charge on any atom is 0.314 e. The number of nitrogens with two attached hydrogens (primary N) is 1. The Bertz CT molecular complexity index is 292. The minimum atomic E-state index is -0.966. The molecule has 0 aliphatic carbocycles. The van der Waals surface area contributed by atoms with Gasteiger partial charge >= 0.3 is 5.97 Å². The van der Waals surface area contributed by atoms with Crippen LogP contribution in [0.4, 0.5) is 0 Å². The molecule has 4 N–H and O–H groups in total. The first-order chi connectivity index (χ1) is 11.1. The third-order valence-electron chi connectivity index (χ3n) is 4.52. The van der Waals surface area contributed by atoms with Crippen molar-refractivity contribution < 1.29 is 9.90 Å². The number of hydrogen-bond donors (Lipinski definition) is 3. The fraction of sp³-hybridized carbons (Fsp3) is 0.895. The highest BCUT2D eigenvalue weighted by atomic mass is 16.4. The van der Waals surface area contributed by atoms with Crippen molar-refractivity contribution in [2.45, 2.75) is 103 Å². The van der Waals surface area contributed by atoms with Crippen molar-refractivity contribution in [1.82, 2.24) is 0 Å². The summed E-state index contributed by atoms with van der Waals surface area (Å²) in [6.07, 6.45) is 18.5. The zero-order chi connectivity index (χ0) is 17.3. The van der Waals surface area contributed by atoms with Crippen LogP contribution in [-0.4, -0.2) is 16.9 Å². The highest BCUT2D eigenvalue weighted by molar-refractivity contribution is 5.97. The van der Waals surface area contributed by atoms with E-state index in [-0.39, 0.29) is 5.84 Å². The molecule has 0 aliphatic rings. The van der Waals surface area contributed by atoms with Crippen LogP contribution < -0.4 is 5.73 Å². The van der Waals surface area contributed by atoms with Gasteiger partial charge in [-0.15, -0.1) is 0 Å². The van der Waals surface area contributed by atoms with Gasteiger partial charge in [0.2, 0.25) is 0 Å². The van der Waals surface area contributed by atoms with Crippen LogP contribution in [0.25, 0.3) is 0 Å². The van der Waals surface area contributed by atoms with Gasteiger partial charge in [0.1, 0.15) is 11.8 Å². The monoisotopic (exact) mass is 326 g/mol. The SMILES string of the molecule is CCCCCCCCCCCCCCCCC(C(=N)N)C(=O)O. The van der Waals surface area contributed by atoms with Crippen molar-refractivity contribution in [2.24, 2.45) is 11.7 Å². The number of carboxylic acids is 1. The zero-order valence-corrected chi connectivity index (χ0v) is 15.1. The Kier molecular flexibility index (Phi) is 15.1. The topological polar surface area (TPSA) is 87.2 Å². The summed E-state index contributed by atoms with van der Waals surface area (Å²) in [6, 6.07) is 0. The molecule has 0 spiro atoms. The molecule has 0 saturated carbocycles. The average Bonchev–Trinajstić information content (AvgIpc) is 2.50. The molecule has 0 saturated heterocycles. The molecule has 0 fully saturated rings. The summed E-state index contributed by atoms with van der Waals surface area (Å²) in [5.41, 5.74) is 5.29. The van der Waals surface area contributed by atoms with Crippen molar-refractivity contribution in [1.29, 1.82) is 5.41 Å². The van der Waals surface area contributed by atoms with E-state index in [4.69, 9.17) is 16.2 Å². The van der Waals surface area contributed by atoms with Gasteiger partial charge in [-0.05, 0) is 6.42 Å². The van der Waals surface area contributed by atoms with E-state index in [0.29, 0.717) is 6.42 Å². The van der Waals surface area contributed by atoms with Crippen LogP contribution in [0.3, 0.4) is 0 Å². The van der Waals surface area contributed by atoms with Crippen LogP contribution in [0.5, 0.6) is 0 Å². The van der Waals surface area contributed by atoms with Gasteiger partial charge in [-0.2, -0.15) is 0 Å². The first-order valence-corrected chi connectivity index (χ1v) is 9.66. The summed E-state index contributed by atoms with van der Waals surface area (Å²) in [7, 11) is 0. The number of carboxylic acid groups (broad SMARTS) is 1. The minimum Gasteiger partial charge on any atom is -0.481 e. The van der Waals surface area contributed by atoms with E-state index in [1.165, 1.54) is 77.0 Å². The molecule has 0 amide bonds. The van der Waals surface area contributed by atoms with Gasteiger partial charge in [0.25, 0.3) is 0 Å². The van der Waals surface area contributed by atoms with Crippen LogP contribution in [0.15, 0.2) is 0 Å². The lowest BCUT2D eigenvalue weighted by Crippen LogP contribution is -2.29. The van der Waals surface area contributed by atoms with Gasteiger partial charge in [-0.1, -0.05) is 96.8 Å². The number of unbranched alkanes of at least 4 members (excludes halogenated alkanes) is 13. The van der Waals surface area contributed by atoms with Gasteiger partial charge in [0, 0.05) is 0 Å². The maximum atomic E-state index is 10.9. The van der Waals surface area contributed by atoms with Crippen LogP contribution in [0, 0.1) is 11.3 Å². The first kappa shape index (κ1) is 21.9. The lowest BCUT2D eigenvalue weighted by Gasteiger charge is -2.09. The van der Waals surface area contributed by atoms with Gasteiger partial charge in [-0.25, -0.2) is 0 Å². The summed E-state index contributed by atoms with van der Waals surface area (Å²) in [5, 5.41) is 16.2. The van der Waals surface area contributed by atoms with Crippen molar-refractivity contribution in [3.63, 3.8) is 0 Å². The number of aliphatic carboxylic acids is 1. The third-order valence-corrected chi connectivity index (χ3v) is 4.52. The molecule has 0 rings (SSSR count). The molecule has 0 aromatic heterocycles. The van der Waals surface area contributed by atoms with E-state index in [2.05, 4.69) is 6.92 Å². The fourth-order valence-corrected chi connectivity index (χ4v) is 2.96. The molecule has 0 aromatic rings. The molecule has 1 unspecified atom stereocenters. The van der Waals surface area contributed by atoms with Gasteiger partial charge in [0.05, 0.1) is 0 Å². The number of hydrogen-bond acceptors (Lipinski definition) is 2. The standard InChI is InChI=1S/C19H38N2O2/c1-2-3-4-5-6-7-8-9-10-11-12-13-14-15-16-17(18(20)21)19(22)23/h17H,2-16H2,1H3,(H3,20,21)(H,22,23). The Morgan fingerprint density at radius 2 is 1.17 bits per heavy atom. The smallest absolute Gasteiger partial charge is 0.314 e. The third kappa shape index (κ3) is 14.3. The summed E-state index contributed by atoms with van der Waals surface area (Å²) < 4.78 is 0. The molecule has 23 heavy (non-hydrogen) atoms. The second-order valence-corrected chi connectivity index (χ2v) is 6.73. The van der Waals surface area contributed by atoms with E-state index in [0.717, 1.165) is 12.8 Å². The van der Waals surface area contributed by atoms with Crippen LogP contribution in [0.2, 0.25) is 0 Å². The Hall–Kier alpha value is -1.06. The highest BCUT2D eigenvalue weighted by Crippen LogP contribution is 2.15. The lowest BCUT2D eigenvalue weighted by molar-refractivity contribution is -0.139. The largest absolute Gasteiger partial charge is 0.481 e. The van der Waals surface area contributed by atoms with Gasteiger partial charge in [-0.3, -0.25) is 10.2 Å². The average molecular weight is 327 g/mol. The second-order valence-electron chi connectivity index (χ2n) is 6.73. The van der Waals surface area contributed by atoms with E-state index in [1.54, 1.807) is 0 Å². The molecule has 0 bridgehead atoms. The van der Waals surface area contributed by atoms with E-state index in [9.17, 15) is 4.79 Å². The van der Waals surface area contributed by atoms with Gasteiger partial charge < -0.3 is 10.8 Å². The molecular weight excluding hydrogens is 288 g/mol. The molecule has 0 aliphatic heterocycles. The van der Waals surface area contributed by atoms with Crippen molar-refractivity contribution >= 4 is 11.8 Å². The quantitative estimate of drug-likeness (QED) is 0.187. The lowest BCUT2D eigenvalue weighted by atomic mass is 9.99. The summed E-state index contributed by atoms with van der Waals surface area (Å²) in [6.45, 7) is 2.26. The maximum absolute atomic E-state index is 10.9. The Labute approximate surface area is 142 Å². The van der Waals surface area contributed by atoms with Crippen molar-refractivity contribution in [3.8, 4) is 0 Å². The Morgan fingerprint density at radius 1 is 0.826 bits per heavy atom. The van der Waals surface area contributed by atoms with Crippen LogP contribution >= 0.6 is 0 Å². The van der Waals surface area contributed by atoms with E-state index >= 15 is 0 Å². The van der Waals surface area contributed by atoms with Crippen molar-refractivity contribution in [3.05, 3.63) is 0 Å².